The number of hydrogen-bond donors (Lipinski definition) is 2. The predicted molar refractivity (Wildman–Crippen MR) is 135 cm³/mol. The summed E-state index contributed by atoms with van der Waals surface area (Å²) in [7, 11) is -3.88. The summed E-state index contributed by atoms with van der Waals surface area (Å²) in [5.74, 6) is 1.02. The number of anilines is 2. The monoisotopic (exact) mass is 480 g/mol. The summed E-state index contributed by atoms with van der Waals surface area (Å²) in [5, 5.41) is 3.51. The van der Waals surface area contributed by atoms with Gasteiger partial charge < -0.3 is 10.1 Å². The Kier molecular flexibility index (Phi) is 6.91. The van der Waals surface area contributed by atoms with Crippen LogP contribution >= 0.6 is 0 Å². The van der Waals surface area contributed by atoms with Gasteiger partial charge in [-0.1, -0.05) is 44.2 Å². The van der Waals surface area contributed by atoms with E-state index in [0.29, 0.717) is 24.0 Å². The van der Waals surface area contributed by atoms with E-state index in [2.05, 4.69) is 33.9 Å². The summed E-state index contributed by atoms with van der Waals surface area (Å²) < 4.78 is 35.1. The van der Waals surface area contributed by atoms with Crippen molar-refractivity contribution in [2.45, 2.75) is 64.7 Å². The molecule has 1 aromatic heterocycles. The summed E-state index contributed by atoms with van der Waals surface area (Å²) in [6.07, 6.45) is 0.740. The third-order valence-electron chi connectivity index (χ3n) is 6.04. The molecule has 0 saturated carbocycles. The largest absolute Gasteiger partial charge is 0.372 e. The SMILES string of the molecule is Cc1cccc(C)c1-c1cc2nc(n1)NS(=O)(=O)c1cccc(c1)CO[C@@H](C)[C@@H](CC(C)C)N2. The minimum Gasteiger partial charge on any atom is -0.372 e. The van der Waals surface area contributed by atoms with Crippen LogP contribution in [0.5, 0.6) is 0 Å². The molecule has 180 valence electrons. The van der Waals surface area contributed by atoms with E-state index < -0.39 is 10.0 Å². The average molecular weight is 481 g/mol. The second kappa shape index (κ2) is 9.72. The highest BCUT2D eigenvalue weighted by atomic mass is 32.2. The first-order chi connectivity index (χ1) is 16.1. The molecular weight excluding hydrogens is 448 g/mol. The van der Waals surface area contributed by atoms with Gasteiger partial charge in [-0.25, -0.2) is 18.1 Å². The normalized spacial score (nSPS) is 19.8. The van der Waals surface area contributed by atoms with Crippen LogP contribution in [-0.2, 0) is 21.4 Å². The zero-order valence-electron chi connectivity index (χ0n) is 20.3. The Bertz CT molecular complexity index is 1270. The van der Waals surface area contributed by atoms with Crippen LogP contribution in [0.4, 0.5) is 11.8 Å². The van der Waals surface area contributed by atoms with Gasteiger partial charge in [0.2, 0.25) is 5.95 Å². The van der Waals surface area contributed by atoms with Crippen molar-refractivity contribution in [3.8, 4) is 11.3 Å². The van der Waals surface area contributed by atoms with Gasteiger partial charge in [0.05, 0.1) is 29.3 Å². The first kappa shape index (κ1) is 24.2. The standard InChI is InChI=1S/C26H32N4O3S/c1-16(2)12-22-19(5)33-15-20-10-7-11-21(13-20)34(31,32)30-26-28-23(14-24(27-22)29-26)25-17(3)8-6-9-18(25)4/h6-11,13-14,16,19,22H,12,15H2,1-5H3,(H2,27,28,29,30)/t19-,22+/m0/s1. The predicted octanol–water partition coefficient (Wildman–Crippen LogP) is 5.31. The van der Waals surface area contributed by atoms with E-state index in [1.807, 2.05) is 51.1 Å². The number of sulfonamides is 1. The maximum Gasteiger partial charge on any atom is 0.264 e. The molecule has 2 aromatic carbocycles. The number of aryl methyl sites for hydroxylation is 2. The van der Waals surface area contributed by atoms with E-state index in [9.17, 15) is 8.42 Å². The Labute approximate surface area is 202 Å². The summed E-state index contributed by atoms with van der Waals surface area (Å²) in [6, 6.07) is 14.7. The first-order valence-electron chi connectivity index (χ1n) is 11.6. The number of fused-ring (bicyclic) bond motifs is 4. The molecule has 0 aliphatic carbocycles. The van der Waals surface area contributed by atoms with Crippen LogP contribution in [0.15, 0.2) is 53.4 Å². The highest BCUT2D eigenvalue weighted by molar-refractivity contribution is 7.92. The third kappa shape index (κ3) is 5.39. The number of ether oxygens (including phenoxy) is 1. The highest BCUT2D eigenvalue weighted by Gasteiger charge is 2.24. The van der Waals surface area contributed by atoms with E-state index in [1.54, 1.807) is 18.2 Å². The lowest BCUT2D eigenvalue weighted by molar-refractivity contribution is 0.0361. The van der Waals surface area contributed by atoms with Gasteiger partial charge in [0, 0.05) is 11.6 Å². The van der Waals surface area contributed by atoms with Gasteiger partial charge in [0.1, 0.15) is 5.82 Å². The molecule has 4 bridgehead atoms. The zero-order valence-corrected chi connectivity index (χ0v) is 21.1. The van der Waals surface area contributed by atoms with E-state index in [0.717, 1.165) is 28.7 Å². The summed E-state index contributed by atoms with van der Waals surface area (Å²) in [4.78, 5) is 9.30. The van der Waals surface area contributed by atoms with Crippen molar-refractivity contribution in [2.75, 3.05) is 10.0 Å². The minimum atomic E-state index is -3.88. The van der Waals surface area contributed by atoms with Crippen molar-refractivity contribution in [2.24, 2.45) is 5.92 Å². The van der Waals surface area contributed by atoms with Crippen LogP contribution in [0.1, 0.15) is 43.9 Å². The van der Waals surface area contributed by atoms with Crippen molar-refractivity contribution in [3.05, 3.63) is 65.2 Å². The summed E-state index contributed by atoms with van der Waals surface area (Å²) in [5.41, 5.74) is 4.52. The van der Waals surface area contributed by atoms with E-state index in [4.69, 9.17) is 4.74 Å². The van der Waals surface area contributed by atoms with Crippen molar-refractivity contribution in [1.29, 1.82) is 0 Å². The molecule has 2 N–H and O–H groups in total. The second-order valence-electron chi connectivity index (χ2n) is 9.38. The van der Waals surface area contributed by atoms with Gasteiger partial charge in [0.25, 0.3) is 10.0 Å². The van der Waals surface area contributed by atoms with Crippen molar-refractivity contribution in [3.63, 3.8) is 0 Å². The van der Waals surface area contributed by atoms with Crippen molar-refractivity contribution in [1.82, 2.24) is 9.97 Å². The Hall–Kier alpha value is -2.97. The number of hydrogen-bond acceptors (Lipinski definition) is 6. The first-order valence-corrected chi connectivity index (χ1v) is 13.1. The van der Waals surface area contributed by atoms with Crippen LogP contribution in [-0.4, -0.2) is 30.5 Å². The van der Waals surface area contributed by atoms with Gasteiger partial charge in [-0.3, -0.25) is 0 Å². The molecule has 0 spiro atoms. The Balaban J connectivity index is 1.88. The fourth-order valence-electron chi connectivity index (χ4n) is 4.30. The maximum atomic E-state index is 13.2. The van der Waals surface area contributed by atoms with Crippen molar-refractivity contribution < 1.29 is 13.2 Å². The molecule has 34 heavy (non-hydrogen) atoms. The molecule has 1 aliphatic heterocycles. The Morgan fingerprint density at radius 3 is 2.47 bits per heavy atom. The number of rotatable bonds is 3. The van der Waals surface area contributed by atoms with Gasteiger partial charge in [-0.15, -0.1) is 0 Å². The molecule has 0 fully saturated rings. The Morgan fingerprint density at radius 1 is 1.06 bits per heavy atom. The average Bonchev–Trinajstić information content (AvgIpc) is 2.76. The lowest BCUT2D eigenvalue weighted by Gasteiger charge is -2.27. The highest BCUT2D eigenvalue weighted by Crippen LogP contribution is 2.30. The van der Waals surface area contributed by atoms with Gasteiger partial charge in [-0.2, -0.15) is 4.98 Å². The molecule has 3 aromatic rings. The molecule has 2 heterocycles. The second-order valence-corrected chi connectivity index (χ2v) is 11.1. The molecule has 1 aliphatic rings. The molecule has 0 radical (unpaired) electrons. The van der Waals surface area contributed by atoms with Gasteiger partial charge in [0.15, 0.2) is 0 Å². The molecule has 8 heteroatoms. The number of benzene rings is 2. The topological polar surface area (TPSA) is 93.2 Å². The number of aromatic nitrogens is 2. The van der Waals surface area contributed by atoms with Crippen LogP contribution in [0, 0.1) is 19.8 Å². The van der Waals surface area contributed by atoms with Crippen LogP contribution < -0.4 is 10.0 Å². The lowest BCUT2D eigenvalue weighted by atomic mass is 9.98. The van der Waals surface area contributed by atoms with E-state index in [-0.39, 0.29) is 23.0 Å². The lowest BCUT2D eigenvalue weighted by Crippen LogP contribution is -2.35. The fourth-order valence-corrected chi connectivity index (χ4v) is 5.32. The van der Waals surface area contributed by atoms with Gasteiger partial charge in [-0.05, 0) is 61.9 Å². The molecular formula is C26H32N4O3S. The van der Waals surface area contributed by atoms with Crippen LogP contribution in [0.3, 0.4) is 0 Å². The molecule has 4 rings (SSSR count). The third-order valence-corrected chi connectivity index (χ3v) is 7.36. The quantitative estimate of drug-likeness (QED) is 0.528. The van der Waals surface area contributed by atoms with Crippen molar-refractivity contribution >= 4 is 21.8 Å². The maximum absolute atomic E-state index is 13.2. The minimum absolute atomic E-state index is 0.0193. The molecule has 2 atom stereocenters. The van der Waals surface area contributed by atoms with Gasteiger partial charge >= 0.3 is 0 Å². The molecule has 0 unspecified atom stereocenters. The fraction of sp³-hybridized carbons (Fsp3) is 0.385. The Morgan fingerprint density at radius 2 is 1.76 bits per heavy atom. The van der Waals surface area contributed by atoms with Crippen LogP contribution in [0.25, 0.3) is 11.3 Å². The smallest absolute Gasteiger partial charge is 0.264 e. The number of nitrogens with one attached hydrogen (secondary N) is 2. The number of nitrogens with zero attached hydrogens (tertiary/aromatic N) is 2. The molecule has 0 amide bonds. The molecule has 0 saturated heterocycles. The van der Waals surface area contributed by atoms with Crippen LogP contribution in [0.2, 0.25) is 0 Å². The molecule has 7 nitrogen and oxygen atoms in total. The zero-order chi connectivity index (χ0) is 24.5. The van der Waals surface area contributed by atoms with E-state index >= 15 is 0 Å². The van der Waals surface area contributed by atoms with E-state index in [1.165, 1.54) is 0 Å². The summed E-state index contributed by atoms with van der Waals surface area (Å²) >= 11 is 0. The summed E-state index contributed by atoms with van der Waals surface area (Å²) in [6.45, 7) is 10.7.